The molecule has 0 saturated carbocycles. The van der Waals surface area contributed by atoms with E-state index in [4.69, 9.17) is 0 Å². The van der Waals surface area contributed by atoms with Crippen molar-refractivity contribution in [3.05, 3.63) is 35.4 Å². The van der Waals surface area contributed by atoms with Gasteiger partial charge in [0.25, 0.3) is 0 Å². The van der Waals surface area contributed by atoms with Crippen molar-refractivity contribution in [2.45, 2.75) is 24.1 Å². The highest BCUT2D eigenvalue weighted by molar-refractivity contribution is 8.00. The van der Waals surface area contributed by atoms with Gasteiger partial charge in [0.15, 0.2) is 0 Å². The fraction of sp³-hybridized carbons (Fsp3) is 0.500. The summed E-state index contributed by atoms with van der Waals surface area (Å²) in [6, 6.07) is 3.82. The first-order valence-corrected chi connectivity index (χ1v) is 6.51. The average Bonchev–Trinajstić information content (AvgIpc) is 2.77. The van der Waals surface area contributed by atoms with E-state index in [1.165, 1.54) is 18.2 Å². The van der Waals surface area contributed by atoms with Crippen molar-refractivity contribution >= 4 is 11.8 Å². The Morgan fingerprint density at radius 1 is 1.38 bits per heavy atom. The van der Waals surface area contributed by atoms with E-state index in [1.807, 2.05) is 0 Å². The molecule has 1 aliphatic heterocycles. The van der Waals surface area contributed by atoms with Crippen molar-refractivity contribution in [2.75, 3.05) is 12.8 Å². The Morgan fingerprint density at radius 2 is 2.06 bits per heavy atom. The van der Waals surface area contributed by atoms with Gasteiger partial charge >= 0.3 is 0 Å². The van der Waals surface area contributed by atoms with E-state index in [-0.39, 0.29) is 16.9 Å². The second-order valence-corrected chi connectivity index (χ2v) is 5.30. The summed E-state index contributed by atoms with van der Waals surface area (Å²) in [6.45, 7) is 0. The minimum atomic E-state index is -0.452. The van der Waals surface area contributed by atoms with Gasteiger partial charge in [-0.05, 0) is 37.8 Å². The molecule has 16 heavy (non-hydrogen) atoms. The number of rotatable bonds is 3. The molecule has 1 saturated heterocycles. The normalized spacial score (nSPS) is 22.3. The predicted octanol–water partition coefficient (Wildman–Crippen LogP) is 3.12. The average molecular weight is 243 g/mol. The zero-order valence-electron chi connectivity index (χ0n) is 9.17. The molecule has 0 radical (unpaired) electrons. The van der Waals surface area contributed by atoms with Crippen LogP contribution in [-0.2, 0) is 0 Å². The van der Waals surface area contributed by atoms with Gasteiger partial charge in [-0.15, -0.1) is 0 Å². The summed E-state index contributed by atoms with van der Waals surface area (Å²) in [7, 11) is 1.76. The number of halogens is 2. The number of hydrogen-bond acceptors (Lipinski definition) is 2. The van der Waals surface area contributed by atoms with E-state index in [1.54, 1.807) is 18.8 Å². The molecule has 1 nitrogen and oxygen atoms in total. The minimum Gasteiger partial charge on any atom is -0.312 e. The molecule has 2 rings (SSSR count). The van der Waals surface area contributed by atoms with E-state index in [0.717, 1.165) is 18.6 Å². The van der Waals surface area contributed by atoms with Gasteiger partial charge in [-0.25, -0.2) is 8.78 Å². The van der Waals surface area contributed by atoms with Gasteiger partial charge in [-0.2, -0.15) is 11.8 Å². The molecule has 2 unspecified atom stereocenters. The van der Waals surface area contributed by atoms with Gasteiger partial charge in [-0.3, -0.25) is 0 Å². The summed E-state index contributed by atoms with van der Waals surface area (Å²) in [5, 5.41) is 3.32. The smallest absolute Gasteiger partial charge is 0.130 e. The monoisotopic (exact) mass is 243 g/mol. The fourth-order valence-electron chi connectivity index (χ4n) is 2.19. The van der Waals surface area contributed by atoms with Crippen molar-refractivity contribution < 1.29 is 8.78 Å². The van der Waals surface area contributed by atoms with E-state index < -0.39 is 11.6 Å². The van der Waals surface area contributed by atoms with Crippen LogP contribution in [0.2, 0.25) is 0 Å². The number of benzene rings is 1. The third-order valence-corrected chi connectivity index (χ3v) is 4.42. The lowest BCUT2D eigenvalue weighted by Crippen LogP contribution is -2.27. The molecule has 1 aromatic carbocycles. The molecule has 1 heterocycles. The third-order valence-electron chi connectivity index (χ3n) is 2.96. The molecule has 0 bridgehead atoms. The summed E-state index contributed by atoms with van der Waals surface area (Å²) >= 11 is 1.79. The van der Waals surface area contributed by atoms with Crippen LogP contribution in [0.5, 0.6) is 0 Å². The molecular formula is C12H15F2NS. The SMILES string of the molecule is CNC(c1c(F)cccc1F)C1CCCS1. The summed E-state index contributed by atoms with van der Waals surface area (Å²) < 4.78 is 27.3. The van der Waals surface area contributed by atoms with Crippen LogP contribution < -0.4 is 5.32 Å². The van der Waals surface area contributed by atoms with Crippen LogP contribution in [-0.4, -0.2) is 18.1 Å². The fourth-order valence-corrected chi connectivity index (χ4v) is 3.62. The number of hydrogen-bond donors (Lipinski definition) is 1. The van der Waals surface area contributed by atoms with Gasteiger partial charge in [-0.1, -0.05) is 6.07 Å². The Balaban J connectivity index is 2.32. The quantitative estimate of drug-likeness (QED) is 0.875. The Bertz CT molecular complexity index is 344. The van der Waals surface area contributed by atoms with Crippen LogP contribution in [0, 0.1) is 11.6 Å². The molecule has 4 heteroatoms. The Morgan fingerprint density at radius 3 is 2.56 bits per heavy atom. The van der Waals surface area contributed by atoms with Gasteiger partial charge in [0.1, 0.15) is 11.6 Å². The van der Waals surface area contributed by atoms with Gasteiger partial charge in [0, 0.05) is 16.9 Å². The second kappa shape index (κ2) is 5.15. The Hall–Kier alpha value is -0.610. The van der Waals surface area contributed by atoms with Crippen LogP contribution in [0.25, 0.3) is 0 Å². The topological polar surface area (TPSA) is 12.0 Å². The van der Waals surface area contributed by atoms with Crippen molar-refractivity contribution in [3.63, 3.8) is 0 Å². The largest absolute Gasteiger partial charge is 0.312 e. The molecule has 1 aliphatic rings. The van der Waals surface area contributed by atoms with Crippen LogP contribution in [0.4, 0.5) is 8.78 Å². The lowest BCUT2D eigenvalue weighted by molar-refractivity contribution is 0.475. The first kappa shape index (κ1) is 11.9. The molecule has 2 atom stereocenters. The molecule has 1 N–H and O–H groups in total. The highest BCUT2D eigenvalue weighted by atomic mass is 32.2. The summed E-state index contributed by atoms with van der Waals surface area (Å²) in [4.78, 5) is 0. The summed E-state index contributed by atoms with van der Waals surface area (Å²) in [5.41, 5.74) is 0.185. The minimum absolute atomic E-state index is 0.185. The molecule has 88 valence electrons. The third kappa shape index (κ3) is 2.23. The molecule has 0 amide bonds. The van der Waals surface area contributed by atoms with E-state index >= 15 is 0 Å². The zero-order valence-corrected chi connectivity index (χ0v) is 9.99. The maximum absolute atomic E-state index is 13.7. The molecule has 1 aromatic rings. The van der Waals surface area contributed by atoms with E-state index in [9.17, 15) is 8.78 Å². The van der Waals surface area contributed by atoms with E-state index in [2.05, 4.69) is 5.32 Å². The highest BCUT2D eigenvalue weighted by Gasteiger charge is 2.29. The molecule has 1 fully saturated rings. The molecule has 0 spiro atoms. The first-order chi connectivity index (χ1) is 7.74. The van der Waals surface area contributed by atoms with Crippen molar-refractivity contribution in [1.82, 2.24) is 5.32 Å². The number of nitrogens with one attached hydrogen (secondary N) is 1. The molecular weight excluding hydrogens is 228 g/mol. The summed E-state index contributed by atoms with van der Waals surface area (Å²) in [6.07, 6.45) is 2.15. The predicted molar refractivity (Wildman–Crippen MR) is 63.6 cm³/mol. The summed E-state index contributed by atoms with van der Waals surface area (Å²) in [5.74, 6) is 0.178. The lowest BCUT2D eigenvalue weighted by atomic mass is 10.00. The molecule has 0 aromatic heterocycles. The van der Waals surface area contributed by atoms with Crippen LogP contribution >= 0.6 is 11.8 Å². The maximum Gasteiger partial charge on any atom is 0.130 e. The van der Waals surface area contributed by atoms with Crippen LogP contribution in [0.1, 0.15) is 24.4 Å². The standard InChI is InChI=1S/C12H15F2NS/c1-15-12(10-6-3-7-16-10)11-8(13)4-2-5-9(11)14/h2,4-5,10,12,15H,3,6-7H2,1H3. The van der Waals surface area contributed by atoms with Crippen molar-refractivity contribution in [2.24, 2.45) is 0 Å². The lowest BCUT2D eigenvalue weighted by Gasteiger charge is -2.23. The Kier molecular flexibility index (Phi) is 3.82. The number of thioether (sulfide) groups is 1. The first-order valence-electron chi connectivity index (χ1n) is 5.47. The van der Waals surface area contributed by atoms with Crippen molar-refractivity contribution in [3.8, 4) is 0 Å². The van der Waals surface area contributed by atoms with Crippen LogP contribution in [0.15, 0.2) is 18.2 Å². The van der Waals surface area contributed by atoms with Gasteiger partial charge in [0.2, 0.25) is 0 Å². The maximum atomic E-state index is 13.7. The van der Waals surface area contributed by atoms with Gasteiger partial charge in [0.05, 0.1) is 0 Å². The van der Waals surface area contributed by atoms with Crippen molar-refractivity contribution in [1.29, 1.82) is 0 Å². The Labute approximate surface area is 98.6 Å². The molecule has 0 aliphatic carbocycles. The van der Waals surface area contributed by atoms with Gasteiger partial charge < -0.3 is 5.32 Å². The highest BCUT2D eigenvalue weighted by Crippen LogP contribution is 2.37. The van der Waals surface area contributed by atoms with E-state index in [0.29, 0.717) is 0 Å². The second-order valence-electron chi connectivity index (χ2n) is 3.95. The zero-order chi connectivity index (χ0) is 11.5. The van der Waals surface area contributed by atoms with Crippen LogP contribution in [0.3, 0.4) is 0 Å².